The highest BCUT2D eigenvalue weighted by molar-refractivity contribution is 6.07. The zero-order chi connectivity index (χ0) is 21.5. The standard InChI is InChI=1S/C21H27N7O/c1-20(2,14-28(3)4)21(23,27-18(29)16-9-6-5-7-10-16)19(25-15-22)26-17-11-8-12-24-13-17/h5-13H,14,23H2,1-4H3,(H,25,26)(H,27,29). The molecule has 4 N–H and O–H groups in total. The van der Waals surface area contributed by atoms with E-state index in [4.69, 9.17) is 5.73 Å². The van der Waals surface area contributed by atoms with Crippen LogP contribution in [0.5, 0.6) is 0 Å². The number of nitrogens with two attached hydrogens (primary N) is 1. The van der Waals surface area contributed by atoms with E-state index in [1.165, 1.54) is 0 Å². The van der Waals surface area contributed by atoms with Crippen LogP contribution >= 0.6 is 0 Å². The molecule has 0 fully saturated rings. The van der Waals surface area contributed by atoms with Crippen LogP contribution < -0.4 is 16.4 Å². The molecule has 0 spiro atoms. The molecule has 0 aliphatic rings. The Morgan fingerprint density at radius 3 is 2.48 bits per heavy atom. The second-order valence-electron chi connectivity index (χ2n) is 7.68. The van der Waals surface area contributed by atoms with Crippen molar-refractivity contribution in [2.75, 3.05) is 26.0 Å². The summed E-state index contributed by atoms with van der Waals surface area (Å²) >= 11 is 0. The minimum absolute atomic E-state index is 0.129. The minimum atomic E-state index is -1.48. The van der Waals surface area contributed by atoms with Crippen molar-refractivity contribution < 1.29 is 4.79 Å². The zero-order valence-electron chi connectivity index (χ0n) is 17.2. The SMILES string of the molecule is CN(C)CC(C)(C)C(N)(NC(=O)c1ccccc1)C(=NC#N)Nc1cccnc1. The van der Waals surface area contributed by atoms with Crippen molar-refractivity contribution in [2.24, 2.45) is 16.1 Å². The van der Waals surface area contributed by atoms with E-state index in [-0.39, 0.29) is 11.7 Å². The minimum Gasteiger partial charge on any atom is -0.339 e. The molecule has 0 saturated carbocycles. The fourth-order valence-electron chi connectivity index (χ4n) is 3.14. The Kier molecular flexibility index (Phi) is 7.04. The number of nitriles is 1. The van der Waals surface area contributed by atoms with Gasteiger partial charge in [-0.25, -0.2) is 0 Å². The van der Waals surface area contributed by atoms with E-state index in [2.05, 4.69) is 20.6 Å². The van der Waals surface area contributed by atoms with Gasteiger partial charge >= 0.3 is 0 Å². The molecule has 1 unspecified atom stereocenters. The number of aliphatic imine (C=N–C) groups is 1. The molecular weight excluding hydrogens is 366 g/mol. The molecule has 8 nitrogen and oxygen atoms in total. The average molecular weight is 393 g/mol. The van der Waals surface area contributed by atoms with E-state index in [9.17, 15) is 10.1 Å². The fraction of sp³-hybridized carbons (Fsp3) is 0.333. The second-order valence-corrected chi connectivity index (χ2v) is 7.68. The van der Waals surface area contributed by atoms with Gasteiger partial charge in [0.05, 0.1) is 11.9 Å². The Morgan fingerprint density at radius 2 is 1.93 bits per heavy atom. The maximum Gasteiger partial charge on any atom is 0.253 e. The lowest BCUT2D eigenvalue weighted by Gasteiger charge is -2.45. The van der Waals surface area contributed by atoms with Crippen molar-refractivity contribution in [1.82, 2.24) is 15.2 Å². The Labute approximate surface area is 171 Å². The van der Waals surface area contributed by atoms with E-state index >= 15 is 0 Å². The molecule has 0 aliphatic carbocycles. The van der Waals surface area contributed by atoms with Gasteiger partial charge in [0.1, 0.15) is 0 Å². The summed E-state index contributed by atoms with van der Waals surface area (Å²) in [6.07, 6.45) is 5.01. The predicted octanol–water partition coefficient (Wildman–Crippen LogP) is 2.05. The summed E-state index contributed by atoms with van der Waals surface area (Å²) in [5.74, 6) is -0.234. The average Bonchev–Trinajstić information content (AvgIpc) is 2.68. The monoisotopic (exact) mass is 393 g/mol. The van der Waals surface area contributed by atoms with Crippen molar-refractivity contribution in [3.05, 3.63) is 60.4 Å². The van der Waals surface area contributed by atoms with E-state index in [1.807, 2.05) is 38.9 Å². The molecule has 1 amide bonds. The number of carbonyl (C=O) groups is 1. The Hall–Kier alpha value is -3.28. The van der Waals surface area contributed by atoms with Crippen LogP contribution in [-0.2, 0) is 0 Å². The normalized spacial score (nSPS) is 14.0. The highest BCUT2D eigenvalue weighted by Gasteiger charge is 2.48. The molecule has 8 heteroatoms. The van der Waals surface area contributed by atoms with Gasteiger partial charge in [-0.3, -0.25) is 9.78 Å². The third-order valence-corrected chi connectivity index (χ3v) is 4.59. The third-order valence-electron chi connectivity index (χ3n) is 4.59. The summed E-state index contributed by atoms with van der Waals surface area (Å²) in [6.45, 7) is 4.35. The summed E-state index contributed by atoms with van der Waals surface area (Å²) in [5, 5.41) is 15.3. The van der Waals surface area contributed by atoms with E-state index in [0.29, 0.717) is 17.8 Å². The van der Waals surface area contributed by atoms with Gasteiger partial charge in [0.2, 0.25) is 6.19 Å². The summed E-state index contributed by atoms with van der Waals surface area (Å²) < 4.78 is 0. The number of carbonyl (C=O) groups excluding carboxylic acids is 1. The van der Waals surface area contributed by atoms with Gasteiger partial charge in [-0.1, -0.05) is 32.0 Å². The highest BCUT2D eigenvalue weighted by Crippen LogP contribution is 2.30. The van der Waals surface area contributed by atoms with E-state index < -0.39 is 11.1 Å². The van der Waals surface area contributed by atoms with Gasteiger partial charge in [0.15, 0.2) is 11.5 Å². The van der Waals surface area contributed by atoms with Crippen molar-refractivity contribution in [3.63, 3.8) is 0 Å². The number of aromatic nitrogens is 1. The summed E-state index contributed by atoms with van der Waals surface area (Å²) in [4.78, 5) is 22.9. The Morgan fingerprint density at radius 1 is 1.24 bits per heavy atom. The van der Waals surface area contributed by atoms with Gasteiger partial charge in [-0.05, 0) is 38.4 Å². The number of rotatable bonds is 7. The smallest absolute Gasteiger partial charge is 0.253 e. The van der Waals surface area contributed by atoms with Crippen molar-refractivity contribution in [2.45, 2.75) is 19.5 Å². The lowest BCUT2D eigenvalue weighted by molar-refractivity contribution is 0.0812. The number of amidine groups is 1. The van der Waals surface area contributed by atoms with Gasteiger partial charge in [-0.15, -0.1) is 0 Å². The molecule has 1 aromatic carbocycles. The van der Waals surface area contributed by atoms with Crippen molar-refractivity contribution in [3.8, 4) is 6.19 Å². The number of pyridine rings is 1. The first-order valence-electron chi connectivity index (χ1n) is 9.15. The number of anilines is 1. The van der Waals surface area contributed by atoms with E-state index in [1.54, 1.807) is 55.0 Å². The van der Waals surface area contributed by atoms with Crippen molar-refractivity contribution in [1.29, 1.82) is 5.26 Å². The molecule has 0 radical (unpaired) electrons. The van der Waals surface area contributed by atoms with Crippen LogP contribution in [0.1, 0.15) is 24.2 Å². The van der Waals surface area contributed by atoms with Crippen LogP contribution in [0.15, 0.2) is 59.9 Å². The molecule has 152 valence electrons. The molecule has 0 bridgehead atoms. The zero-order valence-corrected chi connectivity index (χ0v) is 17.2. The summed E-state index contributed by atoms with van der Waals surface area (Å²) in [7, 11) is 3.83. The van der Waals surface area contributed by atoms with Crippen LogP contribution in [-0.4, -0.2) is 47.9 Å². The fourth-order valence-corrected chi connectivity index (χ4v) is 3.14. The number of nitrogens with one attached hydrogen (secondary N) is 2. The van der Waals surface area contributed by atoms with Crippen LogP contribution in [0.25, 0.3) is 0 Å². The number of hydrogen-bond donors (Lipinski definition) is 3. The largest absolute Gasteiger partial charge is 0.339 e. The molecule has 2 aromatic rings. The molecule has 1 aromatic heterocycles. The van der Waals surface area contributed by atoms with Crippen molar-refractivity contribution >= 4 is 17.4 Å². The molecule has 1 atom stereocenters. The first-order valence-corrected chi connectivity index (χ1v) is 9.15. The van der Waals surface area contributed by atoms with Crippen LogP contribution in [0, 0.1) is 16.9 Å². The second kappa shape index (κ2) is 9.28. The van der Waals surface area contributed by atoms with Crippen LogP contribution in [0.2, 0.25) is 0 Å². The Balaban J connectivity index is 2.50. The number of amides is 1. The van der Waals surface area contributed by atoms with Gasteiger partial charge < -0.3 is 21.3 Å². The third kappa shape index (κ3) is 5.38. The summed E-state index contributed by atoms with van der Waals surface area (Å²) in [5.41, 5.74) is 5.70. The quantitative estimate of drug-likeness (QED) is 0.287. The van der Waals surface area contributed by atoms with Crippen LogP contribution in [0.4, 0.5) is 5.69 Å². The van der Waals surface area contributed by atoms with Crippen LogP contribution in [0.3, 0.4) is 0 Å². The lowest BCUT2D eigenvalue weighted by atomic mass is 9.77. The first-order chi connectivity index (χ1) is 13.7. The molecule has 2 rings (SSSR count). The maximum absolute atomic E-state index is 13.0. The van der Waals surface area contributed by atoms with Gasteiger partial charge in [0.25, 0.3) is 5.91 Å². The van der Waals surface area contributed by atoms with E-state index in [0.717, 1.165) is 0 Å². The molecule has 0 saturated heterocycles. The maximum atomic E-state index is 13.0. The Bertz CT molecular complexity index is 888. The topological polar surface area (TPSA) is 119 Å². The first kappa shape index (κ1) is 22.0. The number of hydrogen-bond acceptors (Lipinski definition) is 6. The molecule has 1 heterocycles. The number of nitrogens with zero attached hydrogens (tertiary/aromatic N) is 4. The lowest BCUT2D eigenvalue weighted by Crippen LogP contribution is -2.72. The highest BCUT2D eigenvalue weighted by atomic mass is 16.2. The molecule has 0 aliphatic heterocycles. The van der Waals surface area contributed by atoms with Gasteiger partial charge in [0, 0.05) is 23.7 Å². The van der Waals surface area contributed by atoms with Gasteiger partial charge in [-0.2, -0.15) is 10.3 Å². The number of benzene rings is 1. The molecule has 29 heavy (non-hydrogen) atoms. The summed E-state index contributed by atoms with van der Waals surface area (Å²) in [6, 6.07) is 12.3. The predicted molar refractivity (Wildman–Crippen MR) is 114 cm³/mol. The molecular formula is C21H27N7O.